The molecule has 4 amide bonds. The predicted molar refractivity (Wildman–Crippen MR) is 98.3 cm³/mol. The number of carbonyl (C=O) groups is 4. The standard InChI is InChI=1S/C17H25N5O5/c1-11(23)27-10-12-4-6-13(7-5-12)21-16(25)14(22-15(24)9-18)3-2-8-20-17(19)26/h4-7,14H,2-3,8-10,18H2,1H3,(H,21,25)(H,22,24)(H3,19,20,26)/t14-/m0/s1. The highest BCUT2D eigenvalue weighted by Gasteiger charge is 2.20. The van der Waals surface area contributed by atoms with Crippen molar-refractivity contribution in [3.63, 3.8) is 0 Å². The van der Waals surface area contributed by atoms with E-state index >= 15 is 0 Å². The minimum atomic E-state index is -0.809. The van der Waals surface area contributed by atoms with Crippen molar-refractivity contribution in [3.8, 4) is 0 Å². The number of nitrogens with one attached hydrogen (secondary N) is 3. The van der Waals surface area contributed by atoms with Crippen LogP contribution >= 0.6 is 0 Å². The van der Waals surface area contributed by atoms with Crippen LogP contribution in [-0.4, -0.2) is 42.9 Å². The topological polar surface area (TPSA) is 166 Å². The van der Waals surface area contributed by atoms with Gasteiger partial charge in [0.2, 0.25) is 11.8 Å². The first-order valence-corrected chi connectivity index (χ1v) is 8.37. The van der Waals surface area contributed by atoms with Gasteiger partial charge in [-0.3, -0.25) is 14.4 Å². The van der Waals surface area contributed by atoms with Gasteiger partial charge in [-0.2, -0.15) is 0 Å². The number of urea groups is 1. The normalized spacial score (nSPS) is 11.2. The summed E-state index contributed by atoms with van der Waals surface area (Å²) in [5.74, 6) is -1.25. The molecule has 0 aliphatic heterocycles. The molecule has 27 heavy (non-hydrogen) atoms. The molecule has 0 heterocycles. The van der Waals surface area contributed by atoms with Crippen LogP contribution < -0.4 is 27.4 Å². The van der Waals surface area contributed by atoms with Crippen molar-refractivity contribution in [2.24, 2.45) is 11.5 Å². The molecule has 0 aliphatic carbocycles. The minimum Gasteiger partial charge on any atom is -0.461 e. The van der Waals surface area contributed by atoms with Crippen molar-refractivity contribution in [1.82, 2.24) is 10.6 Å². The quantitative estimate of drug-likeness (QED) is 0.273. The Labute approximate surface area is 157 Å². The molecular weight excluding hydrogens is 354 g/mol. The number of ether oxygens (including phenoxy) is 1. The third-order valence-electron chi connectivity index (χ3n) is 3.47. The summed E-state index contributed by atoms with van der Waals surface area (Å²) in [6.45, 7) is 1.51. The van der Waals surface area contributed by atoms with Crippen LogP contribution in [0.5, 0.6) is 0 Å². The third kappa shape index (κ3) is 9.21. The second kappa shape index (κ2) is 11.5. The Balaban J connectivity index is 2.63. The van der Waals surface area contributed by atoms with Crippen LogP contribution in [0.1, 0.15) is 25.3 Å². The van der Waals surface area contributed by atoms with Gasteiger partial charge in [0.25, 0.3) is 0 Å². The summed E-state index contributed by atoms with van der Waals surface area (Å²) >= 11 is 0. The Morgan fingerprint density at radius 1 is 1.15 bits per heavy atom. The number of hydrogen-bond acceptors (Lipinski definition) is 6. The van der Waals surface area contributed by atoms with Gasteiger partial charge < -0.3 is 32.2 Å². The van der Waals surface area contributed by atoms with Crippen molar-refractivity contribution >= 4 is 29.5 Å². The van der Waals surface area contributed by atoms with E-state index in [2.05, 4.69) is 16.0 Å². The lowest BCUT2D eigenvalue weighted by Crippen LogP contribution is -2.46. The number of rotatable bonds is 10. The van der Waals surface area contributed by atoms with Crippen molar-refractivity contribution < 1.29 is 23.9 Å². The highest BCUT2D eigenvalue weighted by atomic mass is 16.5. The first-order chi connectivity index (χ1) is 12.8. The van der Waals surface area contributed by atoms with Crippen molar-refractivity contribution in [1.29, 1.82) is 0 Å². The number of nitrogens with two attached hydrogens (primary N) is 2. The lowest BCUT2D eigenvalue weighted by atomic mass is 10.1. The summed E-state index contributed by atoms with van der Waals surface area (Å²) in [4.78, 5) is 45.5. The molecule has 0 radical (unpaired) electrons. The number of esters is 1. The first-order valence-electron chi connectivity index (χ1n) is 8.37. The van der Waals surface area contributed by atoms with Crippen LogP contribution in [0.2, 0.25) is 0 Å². The number of carbonyl (C=O) groups excluding carboxylic acids is 4. The summed E-state index contributed by atoms with van der Waals surface area (Å²) in [5, 5.41) is 7.66. The molecule has 10 nitrogen and oxygen atoms in total. The number of hydrogen-bond donors (Lipinski definition) is 5. The molecule has 0 aromatic heterocycles. The Morgan fingerprint density at radius 2 is 1.81 bits per heavy atom. The van der Waals surface area contributed by atoms with E-state index in [9.17, 15) is 19.2 Å². The van der Waals surface area contributed by atoms with Gasteiger partial charge in [0.1, 0.15) is 12.6 Å². The molecule has 1 atom stereocenters. The maximum atomic E-state index is 12.4. The number of primary amides is 1. The van der Waals surface area contributed by atoms with Gasteiger partial charge in [0.05, 0.1) is 6.54 Å². The second-order valence-electron chi connectivity index (χ2n) is 5.72. The average Bonchev–Trinajstić information content (AvgIpc) is 2.63. The first kappa shape index (κ1) is 21.9. The molecule has 0 spiro atoms. The molecule has 7 N–H and O–H groups in total. The number of anilines is 1. The molecule has 0 aliphatic rings. The fourth-order valence-corrected chi connectivity index (χ4v) is 2.14. The van der Waals surface area contributed by atoms with Gasteiger partial charge in [-0.25, -0.2) is 4.79 Å². The van der Waals surface area contributed by atoms with Crippen molar-refractivity contribution in [2.45, 2.75) is 32.4 Å². The van der Waals surface area contributed by atoms with E-state index in [4.69, 9.17) is 16.2 Å². The van der Waals surface area contributed by atoms with Gasteiger partial charge >= 0.3 is 12.0 Å². The average molecular weight is 379 g/mol. The molecule has 0 fully saturated rings. The van der Waals surface area contributed by atoms with Crippen molar-refractivity contribution in [3.05, 3.63) is 29.8 Å². The molecule has 0 saturated carbocycles. The van der Waals surface area contributed by atoms with Crippen molar-refractivity contribution in [2.75, 3.05) is 18.4 Å². The monoisotopic (exact) mass is 379 g/mol. The smallest absolute Gasteiger partial charge is 0.312 e. The SMILES string of the molecule is CC(=O)OCc1ccc(NC(=O)[C@H](CCCNC(N)=O)NC(=O)CN)cc1. The zero-order chi connectivity index (χ0) is 20.2. The molecule has 1 aromatic rings. The summed E-state index contributed by atoms with van der Waals surface area (Å²) in [5.41, 5.74) is 11.6. The molecule has 1 rings (SSSR count). The van der Waals surface area contributed by atoms with Crippen LogP contribution in [0.15, 0.2) is 24.3 Å². The van der Waals surface area contributed by atoms with Crippen LogP contribution in [0.4, 0.5) is 10.5 Å². The van der Waals surface area contributed by atoms with E-state index in [1.54, 1.807) is 24.3 Å². The van der Waals surface area contributed by atoms with E-state index in [0.717, 1.165) is 5.56 Å². The zero-order valence-electron chi connectivity index (χ0n) is 15.1. The summed E-state index contributed by atoms with van der Waals surface area (Å²) < 4.78 is 4.89. The van der Waals surface area contributed by atoms with Crippen LogP contribution in [0.3, 0.4) is 0 Å². The Hall–Kier alpha value is -3.14. The molecule has 10 heteroatoms. The Kier molecular flexibility index (Phi) is 9.30. The number of benzene rings is 1. The fraction of sp³-hybridized carbons (Fsp3) is 0.412. The van der Waals surface area contributed by atoms with Crippen LogP contribution in [-0.2, 0) is 25.7 Å². The lowest BCUT2D eigenvalue weighted by Gasteiger charge is -2.18. The van der Waals surface area contributed by atoms with E-state index in [-0.39, 0.29) is 25.7 Å². The maximum Gasteiger partial charge on any atom is 0.312 e. The molecule has 0 saturated heterocycles. The molecular formula is C17H25N5O5. The van der Waals surface area contributed by atoms with Crippen LogP contribution in [0.25, 0.3) is 0 Å². The van der Waals surface area contributed by atoms with Gasteiger partial charge in [-0.05, 0) is 30.5 Å². The molecule has 0 unspecified atom stereocenters. The van der Waals surface area contributed by atoms with Gasteiger partial charge in [0.15, 0.2) is 0 Å². The lowest BCUT2D eigenvalue weighted by molar-refractivity contribution is -0.142. The van der Waals surface area contributed by atoms with E-state index in [1.165, 1.54) is 6.92 Å². The van der Waals surface area contributed by atoms with E-state index in [0.29, 0.717) is 18.5 Å². The van der Waals surface area contributed by atoms with E-state index in [1.807, 2.05) is 0 Å². The zero-order valence-corrected chi connectivity index (χ0v) is 15.1. The summed E-state index contributed by atoms with van der Waals surface area (Å²) in [6.07, 6.45) is 0.732. The van der Waals surface area contributed by atoms with E-state index < -0.39 is 23.9 Å². The Morgan fingerprint density at radius 3 is 2.37 bits per heavy atom. The van der Waals surface area contributed by atoms with Crippen LogP contribution in [0, 0.1) is 0 Å². The Bertz CT molecular complexity index is 662. The van der Waals surface area contributed by atoms with Gasteiger partial charge in [-0.1, -0.05) is 12.1 Å². The minimum absolute atomic E-state index is 0.144. The molecule has 148 valence electrons. The van der Waals surface area contributed by atoms with Gasteiger partial charge in [0, 0.05) is 19.2 Å². The highest BCUT2D eigenvalue weighted by molar-refractivity contribution is 5.97. The molecule has 1 aromatic carbocycles. The highest BCUT2D eigenvalue weighted by Crippen LogP contribution is 2.12. The second-order valence-corrected chi connectivity index (χ2v) is 5.72. The van der Waals surface area contributed by atoms with Gasteiger partial charge in [-0.15, -0.1) is 0 Å². The fourth-order valence-electron chi connectivity index (χ4n) is 2.14. The predicted octanol–water partition coefficient (Wildman–Crippen LogP) is -0.420. The summed E-state index contributed by atoms with van der Waals surface area (Å²) in [7, 11) is 0. The molecule has 0 bridgehead atoms. The summed E-state index contributed by atoms with van der Waals surface area (Å²) in [6, 6.07) is 5.28. The maximum absolute atomic E-state index is 12.4. The third-order valence-corrected chi connectivity index (χ3v) is 3.47. The largest absolute Gasteiger partial charge is 0.461 e. The number of amides is 4.